The summed E-state index contributed by atoms with van der Waals surface area (Å²) in [5.41, 5.74) is 2.91. The average Bonchev–Trinajstić information content (AvgIpc) is 2.60. The molecule has 0 aliphatic rings. The summed E-state index contributed by atoms with van der Waals surface area (Å²) in [4.78, 5) is 13.9. The first kappa shape index (κ1) is 18.4. The molecule has 2 amide bonds. The smallest absolute Gasteiger partial charge is 0.319 e. The SMILES string of the molecule is COc1cc(C)ccc1OCCNC(=O)Nc1ccc(N(C)C)cc1. The number of nitrogens with one attached hydrogen (secondary N) is 2. The quantitative estimate of drug-likeness (QED) is 0.758. The Morgan fingerprint density at radius 1 is 1.08 bits per heavy atom. The molecule has 0 atom stereocenters. The van der Waals surface area contributed by atoms with Crippen molar-refractivity contribution in [1.29, 1.82) is 0 Å². The molecule has 0 radical (unpaired) electrons. The molecule has 0 aliphatic heterocycles. The Kier molecular flexibility index (Phi) is 6.51. The first-order valence-corrected chi connectivity index (χ1v) is 8.09. The van der Waals surface area contributed by atoms with Crippen LogP contribution < -0.4 is 25.0 Å². The van der Waals surface area contributed by atoms with Crippen molar-refractivity contribution >= 4 is 17.4 Å². The van der Waals surface area contributed by atoms with Gasteiger partial charge in [0.2, 0.25) is 0 Å². The fourth-order valence-corrected chi connectivity index (χ4v) is 2.24. The number of methoxy groups -OCH3 is 1. The van der Waals surface area contributed by atoms with Crippen molar-refractivity contribution in [3.05, 3.63) is 48.0 Å². The molecule has 6 nitrogen and oxygen atoms in total. The van der Waals surface area contributed by atoms with Crippen LogP contribution in [0.4, 0.5) is 16.2 Å². The van der Waals surface area contributed by atoms with Crippen LogP contribution in [-0.4, -0.2) is 40.4 Å². The van der Waals surface area contributed by atoms with Gasteiger partial charge in [-0.05, 0) is 48.9 Å². The van der Waals surface area contributed by atoms with Crippen LogP contribution in [0.2, 0.25) is 0 Å². The number of anilines is 2. The maximum absolute atomic E-state index is 11.9. The standard InChI is InChI=1S/C19H25N3O3/c1-14-5-10-17(18(13-14)24-4)25-12-11-20-19(23)21-15-6-8-16(9-7-15)22(2)3/h5-10,13H,11-12H2,1-4H3,(H2,20,21,23). The predicted molar refractivity (Wildman–Crippen MR) is 101 cm³/mol. The monoisotopic (exact) mass is 343 g/mol. The van der Waals surface area contributed by atoms with Crippen LogP contribution in [0, 0.1) is 6.92 Å². The van der Waals surface area contributed by atoms with Crippen LogP contribution in [-0.2, 0) is 0 Å². The van der Waals surface area contributed by atoms with Gasteiger partial charge in [-0.25, -0.2) is 4.79 Å². The van der Waals surface area contributed by atoms with E-state index in [4.69, 9.17) is 9.47 Å². The van der Waals surface area contributed by atoms with Gasteiger partial charge in [0, 0.05) is 25.5 Å². The molecule has 0 heterocycles. The van der Waals surface area contributed by atoms with Crippen LogP contribution in [0.1, 0.15) is 5.56 Å². The summed E-state index contributed by atoms with van der Waals surface area (Å²) in [5, 5.41) is 5.55. The first-order chi connectivity index (χ1) is 12.0. The Morgan fingerprint density at radius 3 is 2.44 bits per heavy atom. The number of ether oxygens (including phenoxy) is 2. The highest BCUT2D eigenvalue weighted by atomic mass is 16.5. The molecule has 0 aliphatic carbocycles. The average molecular weight is 343 g/mol. The van der Waals surface area contributed by atoms with Crippen molar-refractivity contribution in [1.82, 2.24) is 5.32 Å². The molecule has 0 saturated heterocycles. The zero-order valence-corrected chi connectivity index (χ0v) is 15.1. The molecule has 0 unspecified atom stereocenters. The number of urea groups is 1. The van der Waals surface area contributed by atoms with E-state index in [0.29, 0.717) is 24.7 Å². The van der Waals surface area contributed by atoms with Crippen molar-refractivity contribution in [3.8, 4) is 11.5 Å². The third kappa shape index (κ3) is 5.60. The van der Waals surface area contributed by atoms with E-state index in [1.54, 1.807) is 7.11 Å². The fourth-order valence-electron chi connectivity index (χ4n) is 2.24. The van der Waals surface area contributed by atoms with E-state index in [0.717, 1.165) is 16.9 Å². The van der Waals surface area contributed by atoms with Crippen LogP contribution in [0.3, 0.4) is 0 Å². The molecule has 0 aromatic heterocycles. The Balaban J connectivity index is 1.75. The second-order valence-corrected chi connectivity index (χ2v) is 5.82. The van der Waals surface area contributed by atoms with Gasteiger partial charge in [-0.1, -0.05) is 6.07 Å². The van der Waals surface area contributed by atoms with E-state index >= 15 is 0 Å². The van der Waals surface area contributed by atoms with Gasteiger partial charge in [-0.3, -0.25) is 0 Å². The largest absolute Gasteiger partial charge is 0.493 e. The molecule has 2 rings (SSSR count). The number of carbonyl (C=O) groups is 1. The summed E-state index contributed by atoms with van der Waals surface area (Å²) in [6.45, 7) is 2.73. The Hall–Kier alpha value is -2.89. The lowest BCUT2D eigenvalue weighted by Gasteiger charge is -2.14. The lowest BCUT2D eigenvalue weighted by atomic mass is 10.2. The van der Waals surface area contributed by atoms with Gasteiger partial charge in [0.15, 0.2) is 11.5 Å². The predicted octanol–water partition coefficient (Wildman–Crippen LogP) is 3.27. The summed E-state index contributed by atoms with van der Waals surface area (Å²) in [7, 11) is 5.55. The molecule has 0 bridgehead atoms. The number of aryl methyl sites for hydroxylation is 1. The normalized spacial score (nSPS) is 10.1. The van der Waals surface area contributed by atoms with E-state index in [1.807, 2.05) is 68.4 Å². The molecule has 134 valence electrons. The Labute approximate surface area is 148 Å². The summed E-state index contributed by atoms with van der Waals surface area (Å²) in [5.74, 6) is 1.35. The fraction of sp³-hybridized carbons (Fsp3) is 0.316. The number of nitrogens with zero attached hydrogens (tertiary/aromatic N) is 1. The second kappa shape index (κ2) is 8.82. The Morgan fingerprint density at radius 2 is 1.80 bits per heavy atom. The molecular weight excluding hydrogens is 318 g/mol. The number of benzene rings is 2. The molecule has 25 heavy (non-hydrogen) atoms. The van der Waals surface area contributed by atoms with Gasteiger partial charge in [0.05, 0.1) is 13.7 Å². The van der Waals surface area contributed by atoms with Crippen LogP contribution in [0.25, 0.3) is 0 Å². The topological polar surface area (TPSA) is 62.8 Å². The van der Waals surface area contributed by atoms with Gasteiger partial charge >= 0.3 is 6.03 Å². The van der Waals surface area contributed by atoms with Crippen molar-refractivity contribution in [2.24, 2.45) is 0 Å². The maximum atomic E-state index is 11.9. The van der Waals surface area contributed by atoms with Crippen molar-refractivity contribution in [3.63, 3.8) is 0 Å². The molecule has 0 fully saturated rings. The summed E-state index contributed by atoms with van der Waals surface area (Å²) in [6, 6.07) is 13.1. The number of hydrogen-bond donors (Lipinski definition) is 2. The molecule has 0 spiro atoms. The second-order valence-electron chi connectivity index (χ2n) is 5.82. The van der Waals surface area contributed by atoms with Crippen LogP contribution >= 0.6 is 0 Å². The summed E-state index contributed by atoms with van der Waals surface area (Å²) < 4.78 is 10.9. The maximum Gasteiger partial charge on any atom is 0.319 e. The molecule has 2 aromatic carbocycles. The molecular formula is C19H25N3O3. The molecule has 2 N–H and O–H groups in total. The van der Waals surface area contributed by atoms with E-state index in [1.165, 1.54) is 0 Å². The molecule has 6 heteroatoms. The molecule has 2 aromatic rings. The zero-order chi connectivity index (χ0) is 18.2. The van der Waals surface area contributed by atoms with Gasteiger partial charge in [0.1, 0.15) is 6.61 Å². The number of rotatable bonds is 7. The summed E-state index contributed by atoms with van der Waals surface area (Å²) >= 11 is 0. The van der Waals surface area contributed by atoms with E-state index < -0.39 is 0 Å². The van der Waals surface area contributed by atoms with E-state index in [9.17, 15) is 4.79 Å². The minimum atomic E-state index is -0.267. The van der Waals surface area contributed by atoms with Gasteiger partial charge in [-0.2, -0.15) is 0 Å². The Bertz CT molecular complexity index is 700. The van der Waals surface area contributed by atoms with E-state index in [-0.39, 0.29) is 6.03 Å². The first-order valence-electron chi connectivity index (χ1n) is 8.09. The lowest BCUT2D eigenvalue weighted by Crippen LogP contribution is -2.32. The lowest BCUT2D eigenvalue weighted by molar-refractivity contribution is 0.246. The highest BCUT2D eigenvalue weighted by molar-refractivity contribution is 5.89. The van der Waals surface area contributed by atoms with Crippen LogP contribution in [0.5, 0.6) is 11.5 Å². The van der Waals surface area contributed by atoms with Gasteiger partial charge < -0.3 is 25.0 Å². The highest BCUT2D eigenvalue weighted by Crippen LogP contribution is 2.27. The van der Waals surface area contributed by atoms with Gasteiger partial charge in [0.25, 0.3) is 0 Å². The number of carbonyl (C=O) groups excluding carboxylic acids is 1. The summed E-state index contributed by atoms with van der Waals surface area (Å²) in [6.07, 6.45) is 0. The van der Waals surface area contributed by atoms with Crippen molar-refractivity contribution < 1.29 is 14.3 Å². The third-order valence-corrected chi connectivity index (χ3v) is 3.61. The zero-order valence-electron chi connectivity index (χ0n) is 15.1. The van der Waals surface area contributed by atoms with Crippen molar-refractivity contribution in [2.45, 2.75) is 6.92 Å². The highest BCUT2D eigenvalue weighted by Gasteiger charge is 2.05. The minimum absolute atomic E-state index is 0.267. The van der Waals surface area contributed by atoms with Gasteiger partial charge in [-0.15, -0.1) is 0 Å². The van der Waals surface area contributed by atoms with E-state index in [2.05, 4.69) is 10.6 Å². The minimum Gasteiger partial charge on any atom is -0.493 e. The number of amides is 2. The third-order valence-electron chi connectivity index (χ3n) is 3.61. The van der Waals surface area contributed by atoms with Crippen LogP contribution in [0.15, 0.2) is 42.5 Å². The molecule has 0 saturated carbocycles. The number of hydrogen-bond acceptors (Lipinski definition) is 4. The van der Waals surface area contributed by atoms with Crippen molar-refractivity contribution in [2.75, 3.05) is 44.6 Å².